The van der Waals surface area contributed by atoms with E-state index in [-0.39, 0.29) is 36.9 Å². The second-order valence-corrected chi connectivity index (χ2v) is 10.3. The van der Waals surface area contributed by atoms with Gasteiger partial charge in [-0.1, -0.05) is 31.4 Å². The number of carbonyl (C=O) groups excluding carboxylic acids is 3. The van der Waals surface area contributed by atoms with Crippen LogP contribution in [0, 0.1) is 0 Å². The Bertz CT molecular complexity index is 1070. The second kappa shape index (κ2) is 11.9. The van der Waals surface area contributed by atoms with Crippen LogP contribution in [0.25, 0.3) is 0 Å². The number of hydrogen-bond acceptors (Lipinski definition) is 6. The highest BCUT2D eigenvalue weighted by atomic mass is 32.1. The van der Waals surface area contributed by atoms with Crippen LogP contribution < -0.4 is 10.6 Å². The number of amides is 3. The molecule has 4 rings (SSSR count). The number of aromatic nitrogens is 1. The van der Waals surface area contributed by atoms with Crippen LogP contribution in [0.1, 0.15) is 58.3 Å². The molecule has 0 aliphatic heterocycles. The molecule has 3 amide bonds. The standard InChI is InChI=1S/C25H28N4O3S2/c30-22(16-27-24(31)21-9-5-15-34-21)29(17-20-8-4-14-33-20)23(18-10-12-26-13-11-18)25(32)28-19-6-2-1-3-7-19/h4-5,8-15,19,23H,1-3,6-7,16-17H2,(H,27,31)(H,28,32)/t23-/m1/s1. The monoisotopic (exact) mass is 496 g/mol. The third-order valence-corrected chi connectivity index (χ3v) is 7.63. The van der Waals surface area contributed by atoms with Crippen molar-refractivity contribution in [2.75, 3.05) is 6.54 Å². The highest BCUT2D eigenvalue weighted by molar-refractivity contribution is 7.12. The summed E-state index contributed by atoms with van der Waals surface area (Å²) in [6, 6.07) is 10.2. The number of nitrogens with zero attached hydrogens (tertiary/aromatic N) is 2. The molecule has 0 radical (unpaired) electrons. The molecule has 0 saturated heterocycles. The Hall–Kier alpha value is -3.04. The van der Waals surface area contributed by atoms with Crippen LogP contribution >= 0.6 is 22.7 Å². The summed E-state index contributed by atoms with van der Waals surface area (Å²) in [6.45, 7) is 0.0802. The highest BCUT2D eigenvalue weighted by Crippen LogP contribution is 2.26. The topological polar surface area (TPSA) is 91.4 Å². The van der Waals surface area contributed by atoms with Gasteiger partial charge < -0.3 is 15.5 Å². The summed E-state index contributed by atoms with van der Waals surface area (Å²) in [5, 5.41) is 9.65. The van der Waals surface area contributed by atoms with Gasteiger partial charge >= 0.3 is 0 Å². The van der Waals surface area contributed by atoms with Crippen molar-refractivity contribution in [2.24, 2.45) is 0 Å². The summed E-state index contributed by atoms with van der Waals surface area (Å²) in [7, 11) is 0. The van der Waals surface area contributed by atoms with Crippen molar-refractivity contribution in [3.63, 3.8) is 0 Å². The normalized spacial score (nSPS) is 14.8. The molecule has 3 heterocycles. The fourth-order valence-corrected chi connectivity index (χ4v) is 5.53. The third-order valence-electron chi connectivity index (χ3n) is 5.91. The van der Waals surface area contributed by atoms with E-state index >= 15 is 0 Å². The minimum Gasteiger partial charge on any atom is -0.351 e. The van der Waals surface area contributed by atoms with Crippen LogP contribution in [0.2, 0.25) is 0 Å². The van der Waals surface area contributed by atoms with E-state index < -0.39 is 6.04 Å². The molecule has 0 spiro atoms. The van der Waals surface area contributed by atoms with Gasteiger partial charge in [-0.2, -0.15) is 0 Å². The first-order valence-electron chi connectivity index (χ1n) is 11.5. The van der Waals surface area contributed by atoms with E-state index in [1.165, 1.54) is 29.1 Å². The van der Waals surface area contributed by atoms with Crippen molar-refractivity contribution in [3.8, 4) is 0 Å². The molecule has 1 aliphatic carbocycles. The lowest BCUT2D eigenvalue weighted by Gasteiger charge is -2.33. The SMILES string of the molecule is O=C(NCC(=O)N(Cc1cccs1)[C@@H](C(=O)NC1CCCCC1)c1ccncc1)c1cccs1. The van der Waals surface area contributed by atoms with Crippen LogP contribution in [0.3, 0.4) is 0 Å². The summed E-state index contributed by atoms with van der Waals surface area (Å²) in [4.78, 5) is 46.7. The van der Waals surface area contributed by atoms with Gasteiger partial charge in [0.15, 0.2) is 0 Å². The van der Waals surface area contributed by atoms with Crippen LogP contribution in [-0.2, 0) is 16.1 Å². The maximum atomic E-state index is 13.6. The molecule has 9 heteroatoms. The summed E-state index contributed by atoms with van der Waals surface area (Å²) in [5.74, 6) is -0.821. The van der Waals surface area contributed by atoms with Crippen molar-refractivity contribution in [1.29, 1.82) is 0 Å². The van der Waals surface area contributed by atoms with Crippen molar-refractivity contribution < 1.29 is 14.4 Å². The van der Waals surface area contributed by atoms with E-state index in [0.29, 0.717) is 10.4 Å². The maximum absolute atomic E-state index is 13.6. The predicted octanol–water partition coefficient (Wildman–Crippen LogP) is 4.15. The Morgan fingerprint density at radius 2 is 1.74 bits per heavy atom. The van der Waals surface area contributed by atoms with E-state index in [9.17, 15) is 14.4 Å². The molecule has 0 unspecified atom stereocenters. The molecular formula is C25H28N4O3S2. The van der Waals surface area contributed by atoms with Gasteiger partial charge in [-0.25, -0.2) is 0 Å². The Balaban J connectivity index is 1.58. The van der Waals surface area contributed by atoms with E-state index in [1.54, 1.807) is 41.6 Å². The van der Waals surface area contributed by atoms with Crippen LogP contribution in [0.5, 0.6) is 0 Å². The van der Waals surface area contributed by atoms with E-state index in [2.05, 4.69) is 15.6 Å². The van der Waals surface area contributed by atoms with Crippen molar-refractivity contribution in [1.82, 2.24) is 20.5 Å². The Morgan fingerprint density at radius 1 is 1.00 bits per heavy atom. The van der Waals surface area contributed by atoms with E-state index in [4.69, 9.17) is 0 Å². The van der Waals surface area contributed by atoms with Gasteiger partial charge in [-0.05, 0) is 53.4 Å². The number of nitrogens with one attached hydrogen (secondary N) is 2. The number of rotatable bonds is 9. The number of carbonyl (C=O) groups is 3. The molecular weight excluding hydrogens is 468 g/mol. The molecule has 1 aliphatic rings. The zero-order valence-corrected chi connectivity index (χ0v) is 20.4. The van der Waals surface area contributed by atoms with Crippen molar-refractivity contribution in [2.45, 2.75) is 50.7 Å². The first kappa shape index (κ1) is 24.1. The van der Waals surface area contributed by atoms with Crippen LogP contribution in [0.4, 0.5) is 0 Å². The van der Waals surface area contributed by atoms with Gasteiger partial charge in [0.05, 0.1) is 18.0 Å². The van der Waals surface area contributed by atoms with Gasteiger partial charge in [0.2, 0.25) is 11.8 Å². The zero-order valence-electron chi connectivity index (χ0n) is 18.8. The molecule has 1 saturated carbocycles. The molecule has 0 aromatic carbocycles. The fraction of sp³-hybridized carbons (Fsp3) is 0.360. The minimum atomic E-state index is -0.821. The Morgan fingerprint density at radius 3 is 2.41 bits per heavy atom. The molecule has 7 nitrogen and oxygen atoms in total. The number of thiophene rings is 2. The summed E-state index contributed by atoms with van der Waals surface area (Å²) >= 11 is 2.84. The summed E-state index contributed by atoms with van der Waals surface area (Å²) < 4.78 is 0. The van der Waals surface area contributed by atoms with Gasteiger partial charge in [0.25, 0.3) is 5.91 Å². The number of pyridine rings is 1. The van der Waals surface area contributed by atoms with Crippen LogP contribution in [0.15, 0.2) is 59.6 Å². The molecule has 1 fully saturated rings. The molecule has 2 N–H and O–H groups in total. The molecule has 34 heavy (non-hydrogen) atoms. The summed E-state index contributed by atoms with van der Waals surface area (Å²) in [6.07, 6.45) is 8.53. The molecule has 3 aromatic rings. The highest BCUT2D eigenvalue weighted by Gasteiger charge is 2.33. The Kier molecular flexibility index (Phi) is 8.43. The first-order valence-corrected chi connectivity index (χ1v) is 13.2. The minimum absolute atomic E-state index is 0.114. The zero-order chi connectivity index (χ0) is 23.8. The summed E-state index contributed by atoms with van der Waals surface area (Å²) in [5.41, 5.74) is 0.692. The molecule has 3 aromatic heterocycles. The van der Waals surface area contributed by atoms with Crippen LogP contribution in [-0.4, -0.2) is 40.2 Å². The van der Waals surface area contributed by atoms with Crippen molar-refractivity contribution >= 4 is 40.4 Å². The maximum Gasteiger partial charge on any atom is 0.261 e. The Labute approximate surface area is 207 Å². The van der Waals surface area contributed by atoms with Gasteiger partial charge in [0.1, 0.15) is 6.04 Å². The van der Waals surface area contributed by atoms with Gasteiger partial charge in [-0.3, -0.25) is 19.4 Å². The lowest BCUT2D eigenvalue weighted by molar-refractivity contribution is -0.141. The lowest BCUT2D eigenvalue weighted by Crippen LogP contribution is -2.49. The molecule has 1 atom stereocenters. The smallest absolute Gasteiger partial charge is 0.261 e. The van der Waals surface area contributed by atoms with E-state index in [0.717, 1.165) is 30.6 Å². The number of hydrogen-bond donors (Lipinski definition) is 2. The quantitative estimate of drug-likeness (QED) is 0.466. The first-order chi connectivity index (χ1) is 16.6. The lowest BCUT2D eigenvalue weighted by atomic mass is 9.94. The third kappa shape index (κ3) is 6.30. The largest absolute Gasteiger partial charge is 0.351 e. The average Bonchev–Trinajstić information content (AvgIpc) is 3.58. The van der Waals surface area contributed by atoms with E-state index in [1.807, 2.05) is 22.9 Å². The fourth-order valence-electron chi connectivity index (χ4n) is 4.19. The molecule has 178 valence electrons. The second-order valence-electron chi connectivity index (χ2n) is 8.29. The predicted molar refractivity (Wildman–Crippen MR) is 134 cm³/mol. The van der Waals surface area contributed by atoms with Crippen molar-refractivity contribution in [3.05, 3.63) is 74.9 Å². The average molecular weight is 497 g/mol. The molecule has 0 bridgehead atoms. The van der Waals surface area contributed by atoms with Gasteiger partial charge in [0, 0.05) is 23.3 Å². The van der Waals surface area contributed by atoms with Gasteiger partial charge in [-0.15, -0.1) is 22.7 Å².